The van der Waals surface area contributed by atoms with Crippen LogP contribution in [0.2, 0.25) is 0 Å². The van der Waals surface area contributed by atoms with Gasteiger partial charge in [-0.25, -0.2) is 8.42 Å². The predicted molar refractivity (Wildman–Crippen MR) is 109 cm³/mol. The van der Waals surface area contributed by atoms with Gasteiger partial charge in [0.15, 0.2) is 9.84 Å². The highest BCUT2D eigenvalue weighted by atomic mass is 32.2. The summed E-state index contributed by atoms with van der Waals surface area (Å²) >= 11 is 1.32. The first-order valence-corrected chi connectivity index (χ1v) is 11.5. The van der Waals surface area contributed by atoms with E-state index in [0.717, 1.165) is 17.0 Å². The molecule has 2 N–H and O–H groups in total. The van der Waals surface area contributed by atoms with Crippen molar-refractivity contribution in [1.82, 2.24) is 0 Å². The van der Waals surface area contributed by atoms with Crippen LogP contribution in [0.4, 0.5) is 24.5 Å². The van der Waals surface area contributed by atoms with Crippen LogP contribution in [0, 0.1) is 0 Å². The van der Waals surface area contributed by atoms with Crippen LogP contribution in [0.15, 0.2) is 52.3 Å². The number of hydrogen-bond acceptors (Lipinski definition) is 6. The van der Waals surface area contributed by atoms with E-state index in [1.54, 1.807) is 13.0 Å². The Labute approximate surface area is 180 Å². The molecule has 2 aromatic rings. The van der Waals surface area contributed by atoms with Crippen LogP contribution < -0.4 is 15.4 Å². The lowest BCUT2D eigenvalue weighted by atomic mass is 10.3. The quantitative estimate of drug-likeness (QED) is 0.660. The number of halogens is 3. The molecule has 1 aliphatic rings. The molecule has 0 saturated carbocycles. The van der Waals surface area contributed by atoms with Crippen molar-refractivity contribution in [3.8, 4) is 5.75 Å². The fourth-order valence-corrected chi connectivity index (χ4v) is 4.88. The van der Waals surface area contributed by atoms with Gasteiger partial charge < -0.3 is 15.4 Å². The zero-order valence-corrected chi connectivity index (χ0v) is 17.7. The highest BCUT2D eigenvalue weighted by Gasteiger charge is 2.31. The number of hydrogen-bond donors (Lipinski definition) is 2. The molecule has 1 aliphatic heterocycles. The van der Waals surface area contributed by atoms with E-state index < -0.39 is 33.6 Å². The Morgan fingerprint density at radius 1 is 1.19 bits per heavy atom. The summed E-state index contributed by atoms with van der Waals surface area (Å²) in [5, 5.41) is 4.79. The SMILES string of the molecule is C[C@H]1Sc2ccc(S(=O)(=O)CCC(=O)Nc3ccc(OC(F)(F)F)cc3)cc2NC1=O. The van der Waals surface area contributed by atoms with Crippen LogP contribution in [0.25, 0.3) is 0 Å². The van der Waals surface area contributed by atoms with Crippen molar-refractivity contribution >= 4 is 44.8 Å². The Bertz CT molecular complexity index is 1100. The molecule has 7 nitrogen and oxygen atoms in total. The lowest BCUT2D eigenvalue weighted by Crippen LogP contribution is -2.26. The van der Waals surface area contributed by atoms with E-state index in [9.17, 15) is 31.2 Å². The molecule has 0 aromatic heterocycles. The third-order valence-electron chi connectivity index (χ3n) is 4.21. The van der Waals surface area contributed by atoms with Crippen molar-refractivity contribution in [2.75, 3.05) is 16.4 Å². The van der Waals surface area contributed by atoms with Crippen LogP contribution >= 0.6 is 11.8 Å². The molecule has 0 radical (unpaired) electrons. The Kier molecular flexibility index (Phi) is 6.51. The molecule has 31 heavy (non-hydrogen) atoms. The second-order valence-electron chi connectivity index (χ2n) is 6.60. The first-order valence-electron chi connectivity index (χ1n) is 8.93. The summed E-state index contributed by atoms with van der Waals surface area (Å²) in [7, 11) is -3.81. The maximum absolute atomic E-state index is 12.6. The van der Waals surface area contributed by atoms with Gasteiger partial charge in [0.2, 0.25) is 11.8 Å². The van der Waals surface area contributed by atoms with E-state index in [-0.39, 0.29) is 28.2 Å². The highest BCUT2D eigenvalue weighted by Crippen LogP contribution is 2.37. The third kappa shape index (κ3) is 6.14. The zero-order chi connectivity index (χ0) is 22.8. The number of anilines is 2. The number of ether oxygens (including phenoxy) is 1. The number of fused-ring (bicyclic) bond motifs is 1. The molecule has 0 unspecified atom stereocenters. The molecule has 12 heteroatoms. The van der Waals surface area contributed by atoms with Gasteiger partial charge in [0.25, 0.3) is 0 Å². The van der Waals surface area contributed by atoms with E-state index in [1.165, 1.54) is 36.0 Å². The van der Waals surface area contributed by atoms with Crippen LogP contribution in [0.1, 0.15) is 13.3 Å². The van der Waals surface area contributed by atoms with Crippen molar-refractivity contribution in [3.63, 3.8) is 0 Å². The van der Waals surface area contributed by atoms with E-state index in [4.69, 9.17) is 0 Å². The van der Waals surface area contributed by atoms with Gasteiger partial charge in [-0.1, -0.05) is 0 Å². The van der Waals surface area contributed by atoms with Gasteiger partial charge in [0.05, 0.1) is 21.6 Å². The maximum atomic E-state index is 12.6. The van der Waals surface area contributed by atoms with E-state index in [0.29, 0.717) is 5.69 Å². The fraction of sp³-hybridized carbons (Fsp3) is 0.263. The van der Waals surface area contributed by atoms with Crippen LogP contribution in [0.3, 0.4) is 0 Å². The molecule has 0 aliphatic carbocycles. The third-order valence-corrected chi connectivity index (χ3v) is 7.10. The van der Waals surface area contributed by atoms with E-state index in [2.05, 4.69) is 15.4 Å². The Morgan fingerprint density at radius 3 is 2.52 bits per heavy atom. The summed E-state index contributed by atoms with van der Waals surface area (Å²) in [4.78, 5) is 24.6. The first kappa shape index (κ1) is 22.9. The van der Waals surface area contributed by atoms with E-state index >= 15 is 0 Å². The minimum Gasteiger partial charge on any atom is -0.406 e. The zero-order valence-electron chi connectivity index (χ0n) is 16.0. The number of rotatable bonds is 6. The number of benzene rings is 2. The van der Waals surface area contributed by atoms with Gasteiger partial charge in [0.1, 0.15) is 5.75 Å². The van der Waals surface area contributed by atoms with Gasteiger partial charge in [-0.15, -0.1) is 24.9 Å². The predicted octanol–water partition coefficient (Wildman–Crippen LogP) is 3.82. The number of thioether (sulfide) groups is 1. The van der Waals surface area contributed by atoms with Gasteiger partial charge >= 0.3 is 6.36 Å². The molecule has 0 fully saturated rings. The van der Waals surface area contributed by atoms with E-state index in [1.807, 2.05) is 0 Å². The van der Waals surface area contributed by atoms with Crippen molar-refractivity contribution in [3.05, 3.63) is 42.5 Å². The van der Waals surface area contributed by atoms with Crippen molar-refractivity contribution in [2.24, 2.45) is 0 Å². The molecule has 0 saturated heterocycles. The normalized spacial score (nSPS) is 16.3. The Hall–Kier alpha value is -2.73. The highest BCUT2D eigenvalue weighted by molar-refractivity contribution is 8.01. The lowest BCUT2D eigenvalue weighted by Gasteiger charge is -2.21. The summed E-state index contributed by atoms with van der Waals surface area (Å²) in [5.74, 6) is -1.77. The number of carbonyl (C=O) groups is 2. The second-order valence-corrected chi connectivity index (χ2v) is 10.1. The lowest BCUT2D eigenvalue weighted by molar-refractivity contribution is -0.274. The summed E-state index contributed by atoms with van der Waals surface area (Å²) < 4.78 is 65.4. The topological polar surface area (TPSA) is 102 Å². The maximum Gasteiger partial charge on any atom is 0.573 e. The minimum absolute atomic E-state index is 0.0249. The summed E-state index contributed by atoms with van der Waals surface area (Å²) in [6, 6.07) is 8.85. The van der Waals surface area contributed by atoms with Gasteiger partial charge in [0, 0.05) is 17.0 Å². The molecule has 2 amide bonds. The molecule has 2 aromatic carbocycles. The summed E-state index contributed by atoms with van der Waals surface area (Å²) in [6.07, 6.45) is -5.19. The second kappa shape index (κ2) is 8.79. The van der Waals surface area contributed by atoms with Gasteiger partial charge in [-0.05, 0) is 49.4 Å². The fourth-order valence-electron chi connectivity index (χ4n) is 2.69. The van der Waals surface area contributed by atoms with Crippen molar-refractivity contribution in [2.45, 2.75) is 34.7 Å². The smallest absolute Gasteiger partial charge is 0.406 e. The molecule has 1 atom stereocenters. The monoisotopic (exact) mass is 474 g/mol. The molecule has 3 rings (SSSR count). The molecule has 166 valence electrons. The summed E-state index contributed by atoms with van der Waals surface area (Å²) in [6.45, 7) is 1.74. The summed E-state index contributed by atoms with van der Waals surface area (Å²) in [5.41, 5.74) is 0.597. The number of amides is 2. The average Bonchev–Trinajstić information content (AvgIpc) is 2.67. The minimum atomic E-state index is -4.82. The molecule has 0 bridgehead atoms. The van der Waals surface area contributed by atoms with Crippen molar-refractivity contribution in [1.29, 1.82) is 0 Å². The van der Waals surface area contributed by atoms with Crippen LogP contribution in [0.5, 0.6) is 5.75 Å². The first-order chi connectivity index (χ1) is 14.4. The number of carbonyl (C=O) groups excluding carboxylic acids is 2. The largest absolute Gasteiger partial charge is 0.573 e. The Balaban J connectivity index is 1.59. The number of sulfone groups is 1. The molecule has 0 spiro atoms. The molecular formula is C19H17F3N2O5S2. The standard InChI is InChI=1S/C19H17F3N2O5S2/c1-11-18(26)24-15-10-14(6-7-16(15)30-11)31(27,28)9-8-17(25)23-12-2-4-13(5-3-12)29-19(20,21)22/h2-7,10-11H,8-9H2,1H3,(H,23,25)(H,24,26)/t11-/m1/s1. The van der Waals surface area contributed by atoms with Crippen LogP contribution in [-0.2, 0) is 19.4 Å². The van der Waals surface area contributed by atoms with Crippen LogP contribution in [-0.4, -0.2) is 37.6 Å². The molecular weight excluding hydrogens is 457 g/mol. The average molecular weight is 474 g/mol. The van der Waals surface area contributed by atoms with Gasteiger partial charge in [-0.3, -0.25) is 9.59 Å². The number of alkyl halides is 3. The van der Waals surface area contributed by atoms with Crippen molar-refractivity contribution < 1.29 is 35.9 Å². The van der Waals surface area contributed by atoms with Gasteiger partial charge in [-0.2, -0.15) is 0 Å². The number of nitrogens with one attached hydrogen (secondary N) is 2. The molecule has 1 heterocycles. The Morgan fingerprint density at radius 2 is 1.87 bits per heavy atom.